The number of hydrogen-bond donors (Lipinski definition) is 1. The standard InChI is InChI=1S/C16H17Cl2N/c1-2-19-16(10-12-6-4-3-5-7-12)14-11-13(17)8-9-15(14)18/h3-9,11,16,19H,2,10H2,1H3. The van der Waals surface area contributed by atoms with E-state index in [0.717, 1.165) is 28.6 Å². The number of benzene rings is 2. The molecule has 0 radical (unpaired) electrons. The molecule has 1 atom stereocenters. The van der Waals surface area contributed by atoms with Crippen LogP contribution in [0.25, 0.3) is 0 Å². The van der Waals surface area contributed by atoms with Gasteiger partial charge in [-0.2, -0.15) is 0 Å². The maximum absolute atomic E-state index is 6.29. The second-order valence-electron chi connectivity index (χ2n) is 4.47. The molecule has 1 N–H and O–H groups in total. The first-order valence-electron chi connectivity index (χ1n) is 6.43. The van der Waals surface area contributed by atoms with Crippen LogP contribution in [0.1, 0.15) is 24.1 Å². The van der Waals surface area contributed by atoms with Crippen molar-refractivity contribution in [3.05, 3.63) is 69.7 Å². The fraction of sp³-hybridized carbons (Fsp3) is 0.250. The minimum absolute atomic E-state index is 0.179. The Morgan fingerprint density at radius 3 is 2.47 bits per heavy atom. The summed E-state index contributed by atoms with van der Waals surface area (Å²) in [6.45, 7) is 2.98. The van der Waals surface area contributed by atoms with Crippen molar-refractivity contribution < 1.29 is 0 Å². The molecule has 0 saturated heterocycles. The molecule has 1 unspecified atom stereocenters. The van der Waals surface area contributed by atoms with Gasteiger partial charge < -0.3 is 5.32 Å². The number of hydrogen-bond acceptors (Lipinski definition) is 1. The van der Waals surface area contributed by atoms with Gasteiger partial charge in [0.25, 0.3) is 0 Å². The number of nitrogens with one attached hydrogen (secondary N) is 1. The highest BCUT2D eigenvalue weighted by Gasteiger charge is 2.14. The van der Waals surface area contributed by atoms with Crippen molar-refractivity contribution in [1.29, 1.82) is 0 Å². The van der Waals surface area contributed by atoms with E-state index >= 15 is 0 Å². The van der Waals surface area contributed by atoms with Crippen molar-refractivity contribution in [2.24, 2.45) is 0 Å². The van der Waals surface area contributed by atoms with E-state index in [0.29, 0.717) is 0 Å². The fourth-order valence-corrected chi connectivity index (χ4v) is 2.60. The molecule has 0 aliphatic rings. The number of halogens is 2. The minimum Gasteiger partial charge on any atom is -0.310 e. The maximum Gasteiger partial charge on any atom is 0.0454 e. The van der Waals surface area contributed by atoms with Gasteiger partial charge in [-0.3, -0.25) is 0 Å². The Morgan fingerprint density at radius 2 is 1.79 bits per heavy atom. The molecule has 0 saturated carbocycles. The predicted molar refractivity (Wildman–Crippen MR) is 83.0 cm³/mol. The van der Waals surface area contributed by atoms with Gasteiger partial charge in [0.15, 0.2) is 0 Å². The minimum atomic E-state index is 0.179. The SMILES string of the molecule is CCNC(Cc1ccccc1)c1cc(Cl)ccc1Cl. The molecular weight excluding hydrogens is 277 g/mol. The zero-order valence-electron chi connectivity index (χ0n) is 10.9. The summed E-state index contributed by atoms with van der Waals surface area (Å²) in [4.78, 5) is 0. The second-order valence-corrected chi connectivity index (χ2v) is 5.31. The molecule has 0 aromatic heterocycles. The van der Waals surface area contributed by atoms with E-state index in [1.54, 1.807) is 0 Å². The zero-order chi connectivity index (χ0) is 13.7. The Hall–Kier alpha value is -1.02. The van der Waals surface area contributed by atoms with Crippen molar-refractivity contribution in [2.75, 3.05) is 6.54 Å². The average molecular weight is 294 g/mol. The molecule has 2 rings (SSSR count). The third-order valence-corrected chi connectivity index (χ3v) is 3.65. The van der Waals surface area contributed by atoms with Gasteiger partial charge in [-0.05, 0) is 42.3 Å². The van der Waals surface area contributed by atoms with Gasteiger partial charge in [0, 0.05) is 16.1 Å². The zero-order valence-corrected chi connectivity index (χ0v) is 12.4. The van der Waals surface area contributed by atoms with Crippen LogP contribution in [0.5, 0.6) is 0 Å². The highest BCUT2D eigenvalue weighted by molar-refractivity contribution is 6.33. The van der Waals surface area contributed by atoms with Gasteiger partial charge in [-0.1, -0.05) is 60.5 Å². The van der Waals surface area contributed by atoms with Crippen LogP contribution in [0, 0.1) is 0 Å². The van der Waals surface area contributed by atoms with Crippen molar-refractivity contribution in [2.45, 2.75) is 19.4 Å². The van der Waals surface area contributed by atoms with Gasteiger partial charge >= 0.3 is 0 Å². The van der Waals surface area contributed by atoms with Crippen LogP contribution in [0.2, 0.25) is 10.0 Å². The van der Waals surface area contributed by atoms with Crippen molar-refractivity contribution >= 4 is 23.2 Å². The highest BCUT2D eigenvalue weighted by Crippen LogP contribution is 2.28. The average Bonchev–Trinajstić information content (AvgIpc) is 2.42. The molecule has 2 aromatic carbocycles. The van der Waals surface area contributed by atoms with E-state index in [4.69, 9.17) is 23.2 Å². The first-order valence-corrected chi connectivity index (χ1v) is 7.18. The van der Waals surface area contributed by atoms with Gasteiger partial charge in [-0.15, -0.1) is 0 Å². The monoisotopic (exact) mass is 293 g/mol. The van der Waals surface area contributed by atoms with Crippen LogP contribution in [-0.2, 0) is 6.42 Å². The van der Waals surface area contributed by atoms with E-state index in [1.807, 2.05) is 24.3 Å². The van der Waals surface area contributed by atoms with Crippen molar-refractivity contribution in [3.63, 3.8) is 0 Å². The third kappa shape index (κ3) is 3.97. The summed E-state index contributed by atoms with van der Waals surface area (Å²) in [5, 5.41) is 4.95. The first-order chi connectivity index (χ1) is 9.20. The van der Waals surface area contributed by atoms with Crippen LogP contribution in [-0.4, -0.2) is 6.54 Å². The Balaban J connectivity index is 2.27. The smallest absolute Gasteiger partial charge is 0.0454 e. The predicted octanol–water partition coefficient (Wildman–Crippen LogP) is 4.89. The summed E-state index contributed by atoms with van der Waals surface area (Å²) in [5.74, 6) is 0. The number of likely N-dealkylation sites (N-methyl/N-ethyl adjacent to an activating group) is 1. The topological polar surface area (TPSA) is 12.0 Å². The summed E-state index contributed by atoms with van der Waals surface area (Å²) in [6, 6.07) is 16.2. The molecule has 3 heteroatoms. The molecule has 0 heterocycles. The lowest BCUT2D eigenvalue weighted by molar-refractivity contribution is 0.550. The summed E-state index contributed by atoms with van der Waals surface area (Å²) in [6.07, 6.45) is 0.898. The molecule has 0 aliphatic carbocycles. The molecule has 0 aliphatic heterocycles. The summed E-state index contributed by atoms with van der Waals surface area (Å²) < 4.78 is 0. The Morgan fingerprint density at radius 1 is 1.05 bits per heavy atom. The van der Waals surface area contributed by atoms with Crippen molar-refractivity contribution in [3.8, 4) is 0 Å². The fourth-order valence-electron chi connectivity index (χ4n) is 2.17. The van der Waals surface area contributed by atoms with E-state index in [-0.39, 0.29) is 6.04 Å². The van der Waals surface area contributed by atoms with Crippen molar-refractivity contribution in [1.82, 2.24) is 5.32 Å². The van der Waals surface area contributed by atoms with Crippen LogP contribution in [0.15, 0.2) is 48.5 Å². The lowest BCUT2D eigenvalue weighted by atomic mass is 9.99. The number of rotatable bonds is 5. The van der Waals surface area contributed by atoms with Gasteiger partial charge in [0.1, 0.15) is 0 Å². The van der Waals surface area contributed by atoms with Gasteiger partial charge in [0.05, 0.1) is 0 Å². The van der Waals surface area contributed by atoms with Gasteiger partial charge in [0.2, 0.25) is 0 Å². The maximum atomic E-state index is 6.29. The Bertz CT molecular complexity index is 526. The van der Waals surface area contributed by atoms with E-state index in [9.17, 15) is 0 Å². The molecule has 0 bridgehead atoms. The lowest BCUT2D eigenvalue weighted by Gasteiger charge is -2.20. The summed E-state index contributed by atoms with van der Waals surface area (Å²) in [5.41, 5.74) is 2.34. The largest absolute Gasteiger partial charge is 0.310 e. The quantitative estimate of drug-likeness (QED) is 0.828. The van der Waals surface area contributed by atoms with E-state index in [2.05, 4.69) is 36.5 Å². The van der Waals surface area contributed by atoms with Crippen LogP contribution in [0.4, 0.5) is 0 Å². The normalized spacial score (nSPS) is 12.4. The second kappa shape index (κ2) is 6.95. The lowest BCUT2D eigenvalue weighted by Crippen LogP contribution is -2.23. The van der Waals surface area contributed by atoms with Crippen LogP contribution >= 0.6 is 23.2 Å². The molecule has 1 nitrogen and oxygen atoms in total. The molecule has 100 valence electrons. The van der Waals surface area contributed by atoms with Crippen LogP contribution in [0.3, 0.4) is 0 Å². The first kappa shape index (κ1) is 14.4. The molecular formula is C16H17Cl2N. The third-order valence-electron chi connectivity index (χ3n) is 3.07. The highest BCUT2D eigenvalue weighted by atomic mass is 35.5. The summed E-state index contributed by atoms with van der Waals surface area (Å²) >= 11 is 12.4. The molecule has 0 fully saturated rings. The summed E-state index contributed by atoms with van der Waals surface area (Å²) in [7, 11) is 0. The molecule has 19 heavy (non-hydrogen) atoms. The van der Waals surface area contributed by atoms with E-state index < -0.39 is 0 Å². The Labute approximate surface area is 124 Å². The Kier molecular flexibility index (Phi) is 5.26. The van der Waals surface area contributed by atoms with Crippen LogP contribution < -0.4 is 5.32 Å². The molecule has 0 amide bonds. The van der Waals surface area contributed by atoms with E-state index in [1.165, 1.54) is 5.56 Å². The molecule has 2 aromatic rings. The molecule has 0 spiro atoms. The van der Waals surface area contributed by atoms with Gasteiger partial charge in [-0.25, -0.2) is 0 Å².